The van der Waals surface area contributed by atoms with E-state index in [2.05, 4.69) is 19.1 Å². The van der Waals surface area contributed by atoms with Gasteiger partial charge in [0.05, 0.1) is 24.5 Å². The molecule has 0 aromatic rings. The molecule has 30 heavy (non-hydrogen) atoms. The van der Waals surface area contributed by atoms with Crippen LogP contribution in [0.5, 0.6) is 0 Å². The third-order valence-corrected chi connectivity index (χ3v) is 7.23. The normalized spacial score (nSPS) is 37.4. The molecule has 1 heterocycles. The highest BCUT2D eigenvalue weighted by molar-refractivity contribution is 5.72. The number of rotatable bonds is 6. The van der Waals surface area contributed by atoms with Crippen molar-refractivity contribution in [1.29, 1.82) is 0 Å². The van der Waals surface area contributed by atoms with Gasteiger partial charge in [-0.2, -0.15) is 0 Å². The summed E-state index contributed by atoms with van der Waals surface area (Å²) in [6.45, 7) is 7.95. The zero-order valence-electron chi connectivity index (χ0n) is 18.5. The fraction of sp³-hybridized carbons (Fsp3) is 0.750. The number of ether oxygens (including phenoxy) is 2. The summed E-state index contributed by atoms with van der Waals surface area (Å²) in [6.07, 6.45) is 5.50. The molecule has 0 bridgehead atoms. The molecule has 3 rings (SSSR count). The molecule has 0 aromatic heterocycles. The van der Waals surface area contributed by atoms with Crippen molar-refractivity contribution in [2.24, 2.45) is 23.7 Å². The van der Waals surface area contributed by atoms with Gasteiger partial charge in [0.1, 0.15) is 12.2 Å². The number of carbonyl (C=O) groups excluding carboxylic acids is 2. The topological polar surface area (TPSA) is 93.1 Å². The van der Waals surface area contributed by atoms with E-state index in [-0.39, 0.29) is 54.2 Å². The van der Waals surface area contributed by atoms with Crippen molar-refractivity contribution in [1.82, 2.24) is 0 Å². The molecule has 0 saturated carbocycles. The predicted octanol–water partition coefficient (Wildman–Crippen LogP) is 3.31. The lowest BCUT2D eigenvalue weighted by molar-refractivity contribution is -0.162. The summed E-state index contributed by atoms with van der Waals surface area (Å²) in [6, 6.07) is 0. The Morgan fingerprint density at radius 1 is 1.30 bits per heavy atom. The second-order valence-electron chi connectivity index (χ2n) is 9.37. The maximum absolute atomic E-state index is 12.5. The maximum atomic E-state index is 12.5. The molecule has 6 heteroatoms. The molecule has 168 valence electrons. The van der Waals surface area contributed by atoms with Crippen molar-refractivity contribution >= 4 is 11.9 Å². The summed E-state index contributed by atoms with van der Waals surface area (Å²) in [5, 5.41) is 20.5. The Morgan fingerprint density at radius 3 is 2.70 bits per heavy atom. The van der Waals surface area contributed by atoms with Crippen LogP contribution < -0.4 is 0 Å². The first-order valence-electron chi connectivity index (χ1n) is 11.4. The van der Waals surface area contributed by atoms with Crippen LogP contribution in [-0.2, 0) is 19.1 Å². The van der Waals surface area contributed by atoms with Crippen LogP contribution in [0.2, 0.25) is 0 Å². The summed E-state index contributed by atoms with van der Waals surface area (Å²) in [5.74, 6) is -0.219. The van der Waals surface area contributed by atoms with Crippen molar-refractivity contribution in [2.75, 3.05) is 0 Å². The number of hydrogen-bond donors (Lipinski definition) is 2. The van der Waals surface area contributed by atoms with Gasteiger partial charge in [-0.3, -0.25) is 9.59 Å². The van der Waals surface area contributed by atoms with Gasteiger partial charge in [-0.05, 0) is 49.2 Å². The predicted molar refractivity (Wildman–Crippen MR) is 112 cm³/mol. The largest absolute Gasteiger partial charge is 0.462 e. The number of aliphatic hydroxyl groups excluding tert-OH is 2. The highest BCUT2D eigenvalue weighted by atomic mass is 16.6. The third-order valence-electron chi connectivity index (χ3n) is 7.23. The minimum Gasteiger partial charge on any atom is -0.462 e. The summed E-state index contributed by atoms with van der Waals surface area (Å²) >= 11 is 0. The molecule has 2 aliphatic carbocycles. The number of cyclic esters (lactones) is 1. The van der Waals surface area contributed by atoms with Crippen molar-refractivity contribution in [2.45, 2.75) is 90.6 Å². The molecule has 8 atom stereocenters. The van der Waals surface area contributed by atoms with Gasteiger partial charge in [0.2, 0.25) is 0 Å². The fourth-order valence-corrected chi connectivity index (χ4v) is 5.09. The molecule has 6 nitrogen and oxygen atoms in total. The van der Waals surface area contributed by atoms with E-state index in [1.54, 1.807) is 0 Å². The summed E-state index contributed by atoms with van der Waals surface area (Å²) in [7, 11) is 0. The number of carbonyl (C=O) groups is 2. The van der Waals surface area contributed by atoms with Gasteiger partial charge >= 0.3 is 11.9 Å². The molecule has 0 spiro atoms. The average molecular weight is 421 g/mol. The highest BCUT2D eigenvalue weighted by Crippen LogP contribution is 2.46. The first-order chi connectivity index (χ1) is 14.2. The van der Waals surface area contributed by atoms with Crippen molar-refractivity contribution in [3.8, 4) is 0 Å². The van der Waals surface area contributed by atoms with Crippen LogP contribution >= 0.6 is 0 Å². The summed E-state index contributed by atoms with van der Waals surface area (Å²) in [4.78, 5) is 24.2. The summed E-state index contributed by atoms with van der Waals surface area (Å²) in [5.41, 5.74) is 2.02. The van der Waals surface area contributed by atoms with Crippen molar-refractivity contribution in [3.05, 3.63) is 23.3 Å². The third kappa shape index (κ3) is 4.97. The lowest BCUT2D eigenvalue weighted by atomic mass is 9.64. The van der Waals surface area contributed by atoms with E-state index in [4.69, 9.17) is 9.47 Å². The van der Waals surface area contributed by atoms with Gasteiger partial charge in [-0.1, -0.05) is 32.9 Å². The van der Waals surface area contributed by atoms with Gasteiger partial charge in [0.15, 0.2) is 0 Å². The van der Waals surface area contributed by atoms with Crippen LogP contribution in [0.25, 0.3) is 0 Å². The number of esters is 2. The Hall–Kier alpha value is -1.66. The van der Waals surface area contributed by atoms with Gasteiger partial charge in [-0.15, -0.1) is 0 Å². The van der Waals surface area contributed by atoms with Crippen LogP contribution in [0.4, 0.5) is 0 Å². The van der Waals surface area contributed by atoms with E-state index in [0.29, 0.717) is 19.3 Å². The molecule has 1 saturated heterocycles. The van der Waals surface area contributed by atoms with Crippen molar-refractivity contribution < 1.29 is 29.3 Å². The second kappa shape index (κ2) is 9.65. The Labute approximate surface area is 179 Å². The monoisotopic (exact) mass is 420 g/mol. The highest BCUT2D eigenvalue weighted by Gasteiger charge is 2.44. The van der Waals surface area contributed by atoms with Gasteiger partial charge in [0.25, 0.3) is 0 Å². The van der Waals surface area contributed by atoms with Gasteiger partial charge in [-0.25, -0.2) is 0 Å². The van der Waals surface area contributed by atoms with E-state index in [1.165, 1.54) is 0 Å². The van der Waals surface area contributed by atoms with Crippen LogP contribution in [-0.4, -0.2) is 46.6 Å². The molecule has 3 aliphatic rings. The fourth-order valence-electron chi connectivity index (χ4n) is 5.09. The Morgan fingerprint density at radius 2 is 2.03 bits per heavy atom. The quantitative estimate of drug-likeness (QED) is 0.641. The van der Waals surface area contributed by atoms with Crippen molar-refractivity contribution in [3.63, 3.8) is 0 Å². The smallest absolute Gasteiger partial charge is 0.308 e. The van der Waals surface area contributed by atoms with E-state index in [0.717, 1.165) is 24.0 Å². The van der Waals surface area contributed by atoms with Crippen LogP contribution in [0.15, 0.2) is 23.3 Å². The SMILES string of the molecule is CCC(C)C(=O)OC1CC(O)C(C)=C2C=CC(C)C(CCC3CC(O)CC(=O)O3)C21. The van der Waals surface area contributed by atoms with E-state index < -0.39 is 12.2 Å². The van der Waals surface area contributed by atoms with Gasteiger partial charge in [0, 0.05) is 18.8 Å². The minimum atomic E-state index is -0.633. The lowest BCUT2D eigenvalue weighted by Crippen LogP contribution is -2.44. The molecular weight excluding hydrogens is 384 g/mol. The zero-order valence-corrected chi connectivity index (χ0v) is 18.5. The van der Waals surface area contributed by atoms with E-state index in [1.807, 2.05) is 20.8 Å². The van der Waals surface area contributed by atoms with Crippen LogP contribution in [0.3, 0.4) is 0 Å². The Bertz CT molecular complexity index is 710. The van der Waals surface area contributed by atoms with Gasteiger partial charge < -0.3 is 19.7 Å². The second-order valence-corrected chi connectivity index (χ2v) is 9.37. The summed E-state index contributed by atoms with van der Waals surface area (Å²) < 4.78 is 11.4. The van der Waals surface area contributed by atoms with Crippen LogP contribution in [0, 0.1) is 23.7 Å². The first kappa shape index (κ1) is 23.0. The zero-order chi connectivity index (χ0) is 22.0. The Kier molecular flexibility index (Phi) is 7.40. The molecule has 2 N–H and O–H groups in total. The average Bonchev–Trinajstić information content (AvgIpc) is 2.69. The maximum Gasteiger partial charge on any atom is 0.308 e. The Balaban J connectivity index is 1.79. The molecule has 1 aliphatic heterocycles. The van der Waals surface area contributed by atoms with Crippen LogP contribution in [0.1, 0.15) is 66.2 Å². The lowest BCUT2D eigenvalue weighted by Gasteiger charge is -2.44. The van der Waals surface area contributed by atoms with E-state index in [9.17, 15) is 19.8 Å². The number of allylic oxidation sites excluding steroid dienone is 2. The number of aliphatic hydroxyl groups is 2. The molecule has 0 aromatic carbocycles. The first-order valence-corrected chi connectivity index (χ1v) is 11.4. The molecular formula is C24H36O6. The molecule has 0 radical (unpaired) electrons. The number of fused-ring (bicyclic) bond motifs is 1. The minimum absolute atomic E-state index is 0.0191. The molecule has 0 amide bonds. The number of hydrogen-bond acceptors (Lipinski definition) is 6. The molecule has 8 unspecified atom stereocenters. The molecule has 1 fully saturated rings. The standard InChI is InChI=1S/C24H36O6/c1-5-13(2)24(28)30-21-12-20(26)15(4)19-8-6-14(3)18(23(19)21)9-7-17-10-16(25)11-22(27)29-17/h6,8,13-14,16-18,20-21,23,25-26H,5,7,9-12H2,1-4H3. The van der Waals surface area contributed by atoms with E-state index >= 15 is 0 Å².